The smallest absolute Gasteiger partial charge is 0.220 e. The van der Waals surface area contributed by atoms with E-state index in [1.165, 1.54) is 6.26 Å². The monoisotopic (exact) mass is 395 g/mol. The summed E-state index contributed by atoms with van der Waals surface area (Å²) in [5, 5.41) is 2.89. The van der Waals surface area contributed by atoms with E-state index in [1.54, 1.807) is 49.1 Å². The first-order valence-electron chi connectivity index (χ1n) is 8.82. The van der Waals surface area contributed by atoms with Gasteiger partial charge in [-0.05, 0) is 41.8 Å². The summed E-state index contributed by atoms with van der Waals surface area (Å²) in [6.07, 6.45) is 9.03. The second-order valence-corrected chi connectivity index (χ2v) is 8.53. The summed E-state index contributed by atoms with van der Waals surface area (Å²) >= 11 is 0. The summed E-state index contributed by atoms with van der Waals surface area (Å²) in [6.45, 7) is 0.396. The average Bonchev–Trinajstić information content (AvgIpc) is 2.71. The van der Waals surface area contributed by atoms with E-state index >= 15 is 0 Å². The number of hydrogen-bond acceptors (Lipinski definition) is 5. The number of sulfone groups is 1. The van der Waals surface area contributed by atoms with E-state index in [0.717, 1.165) is 22.3 Å². The third-order valence-corrected chi connectivity index (χ3v) is 5.40. The molecule has 6 nitrogen and oxygen atoms in total. The third-order valence-electron chi connectivity index (χ3n) is 4.27. The van der Waals surface area contributed by atoms with Crippen molar-refractivity contribution in [1.29, 1.82) is 0 Å². The Bertz CT molecular complexity index is 1050. The van der Waals surface area contributed by atoms with Crippen LogP contribution in [0.25, 0.3) is 11.1 Å². The normalized spacial score (nSPS) is 11.2. The van der Waals surface area contributed by atoms with Crippen LogP contribution in [0.15, 0.2) is 72.1 Å². The predicted octanol–water partition coefficient (Wildman–Crippen LogP) is 2.80. The van der Waals surface area contributed by atoms with Gasteiger partial charge in [0.15, 0.2) is 9.84 Å². The Morgan fingerprint density at radius 1 is 0.964 bits per heavy atom. The van der Waals surface area contributed by atoms with Crippen molar-refractivity contribution in [2.75, 3.05) is 6.26 Å². The molecule has 3 aromatic rings. The Balaban J connectivity index is 1.52. The molecular weight excluding hydrogens is 374 g/mol. The van der Waals surface area contributed by atoms with Gasteiger partial charge in [0.25, 0.3) is 0 Å². The van der Waals surface area contributed by atoms with Gasteiger partial charge in [-0.25, -0.2) is 8.42 Å². The molecule has 2 heterocycles. The Morgan fingerprint density at radius 2 is 1.71 bits per heavy atom. The fourth-order valence-electron chi connectivity index (χ4n) is 2.73. The number of amides is 1. The van der Waals surface area contributed by atoms with E-state index in [4.69, 9.17) is 0 Å². The molecule has 0 atom stereocenters. The summed E-state index contributed by atoms with van der Waals surface area (Å²) in [6, 6.07) is 12.4. The first-order valence-corrected chi connectivity index (χ1v) is 10.7. The highest BCUT2D eigenvalue weighted by Crippen LogP contribution is 2.18. The molecule has 0 spiro atoms. The Kier molecular flexibility index (Phi) is 6.16. The molecule has 0 aliphatic carbocycles. The van der Waals surface area contributed by atoms with E-state index in [-0.39, 0.29) is 10.8 Å². The molecule has 0 aliphatic rings. The lowest BCUT2D eigenvalue weighted by molar-refractivity contribution is -0.121. The van der Waals surface area contributed by atoms with Gasteiger partial charge in [0.1, 0.15) is 0 Å². The maximum Gasteiger partial charge on any atom is 0.220 e. The summed E-state index contributed by atoms with van der Waals surface area (Å²) in [7, 11) is -3.20. The highest BCUT2D eigenvalue weighted by atomic mass is 32.2. The van der Waals surface area contributed by atoms with Gasteiger partial charge in [0, 0.05) is 55.1 Å². The summed E-state index contributed by atoms with van der Waals surface area (Å²) in [5.74, 6) is -0.0704. The van der Waals surface area contributed by atoms with E-state index in [2.05, 4.69) is 15.3 Å². The number of nitrogens with one attached hydrogen (secondary N) is 1. The van der Waals surface area contributed by atoms with Gasteiger partial charge in [-0.15, -0.1) is 0 Å². The van der Waals surface area contributed by atoms with Gasteiger partial charge in [-0.2, -0.15) is 0 Å². The number of carbonyl (C=O) groups excluding carboxylic acids is 1. The summed E-state index contributed by atoms with van der Waals surface area (Å²) in [4.78, 5) is 20.8. The van der Waals surface area contributed by atoms with Gasteiger partial charge in [0.05, 0.1) is 4.90 Å². The SMILES string of the molecule is CS(=O)(=O)c1ccc(CCC(=O)NCc2cncc(-c3cccnc3)c2)cc1. The van der Waals surface area contributed by atoms with Crippen LogP contribution < -0.4 is 5.32 Å². The van der Waals surface area contributed by atoms with Crippen LogP contribution in [0.4, 0.5) is 0 Å². The number of aryl methyl sites for hydroxylation is 1. The average molecular weight is 395 g/mol. The molecular formula is C21H21N3O3S. The van der Waals surface area contributed by atoms with Crippen LogP contribution in [-0.2, 0) is 27.6 Å². The molecule has 0 bridgehead atoms. The number of rotatable bonds is 7. The van der Waals surface area contributed by atoms with Crippen molar-refractivity contribution < 1.29 is 13.2 Å². The lowest BCUT2D eigenvalue weighted by Gasteiger charge is -2.07. The van der Waals surface area contributed by atoms with Gasteiger partial charge in [0.2, 0.25) is 5.91 Å². The fourth-order valence-corrected chi connectivity index (χ4v) is 3.36. The molecule has 7 heteroatoms. The second kappa shape index (κ2) is 8.75. The van der Waals surface area contributed by atoms with Gasteiger partial charge in [-0.1, -0.05) is 18.2 Å². The number of benzene rings is 1. The van der Waals surface area contributed by atoms with Crippen molar-refractivity contribution in [3.05, 3.63) is 78.4 Å². The minimum Gasteiger partial charge on any atom is -0.352 e. The van der Waals surface area contributed by atoms with Crippen LogP contribution in [0.5, 0.6) is 0 Å². The molecule has 1 N–H and O–H groups in total. The van der Waals surface area contributed by atoms with Crippen molar-refractivity contribution in [2.24, 2.45) is 0 Å². The van der Waals surface area contributed by atoms with Crippen LogP contribution in [0.2, 0.25) is 0 Å². The Labute approximate surface area is 164 Å². The minimum absolute atomic E-state index is 0.0704. The molecule has 1 aromatic carbocycles. The highest BCUT2D eigenvalue weighted by molar-refractivity contribution is 7.90. The molecule has 0 saturated heterocycles. The Morgan fingerprint density at radius 3 is 2.39 bits per heavy atom. The molecule has 0 unspecified atom stereocenters. The summed E-state index contributed by atoms with van der Waals surface area (Å²) in [5.41, 5.74) is 3.75. The van der Waals surface area contributed by atoms with E-state index in [9.17, 15) is 13.2 Å². The van der Waals surface area contributed by atoms with Crippen LogP contribution in [0.1, 0.15) is 17.5 Å². The van der Waals surface area contributed by atoms with Crippen molar-refractivity contribution in [2.45, 2.75) is 24.3 Å². The lowest BCUT2D eigenvalue weighted by atomic mass is 10.1. The molecule has 0 fully saturated rings. The molecule has 2 aromatic heterocycles. The zero-order chi connectivity index (χ0) is 20.0. The van der Waals surface area contributed by atoms with E-state index in [1.807, 2.05) is 18.2 Å². The van der Waals surface area contributed by atoms with Crippen LogP contribution >= 0.6 is 0 Å². The number of hydrogen-bond donors (Lipinski definition) is 1. The fraction of sp³-hybridized carbons (Fsp3) is 0.190. The topological polar surface area (TPSA) is 89.0 Å². The number of nitrogens with zero attached hydrogens (tertiary/aromatic N) is 2. The van der Waals surface area contributed by atoms with Crippen molar-refractivity contribution >= 4 is 15.7 Å². The Hall–Kier alpha value is -3.06. The molecule has 1 amide bonds. The lowest BCUT2D eigenvalue weighted by Crippen LogP contribution is -2.23. The van der Waals surface area contributed by atoms with Crippen LogP contribution in [0, 0.1) is 0 Å². The molecule has 0 radical (unpaired) electrons. The third kappa shape index (κ3) is 5.47. The molecule has 0 saturated carbocycles. The van der Waals surface area contributed by atoms with Crippen LogP contribution in [0.3, 0.4) is 0 Å². The molecule has 144 valence electrons. The minimum atomic E-state index is -3.20. The number of pyridine rings is 2. The van der Waals surface area contributed by atoms with Gasteiger partial charge < -0.3 is 5.32 Å². The first-order chi connectivity index (χ1) is 13.4. The largest absolute Gasteiger partial charge is 0.352 e. The van der Waals surface area contributed by atoms with Gasteiger partial charge >= 0.3 is 0 Å². The highest BCUT2D eigenvalue weighted by Gasteiger charge is 2.08. The zero-order valence-electron chi connectivity index (χ0n) is 15.5. The van der Waals surface area contributed by atoms with E-state index < -0.39 is 9.84 Å². The first kappa shape index (κ1) is 19.7. The van der Waals surface area contributed by atoms with E-state index in [0.29, 0.717) is 19.4 Å². The maximum absolute atomic E-state index is 12.1. The van der Waals surface area contributed by atoms with Crippen molar-refractivity contribution in [1.82, 2.24) is 15.3 Å². The molecule has 0 aliphatic heterocycles. The second-order valence-electron chi connectivity index (χ2n) is 6.52. The number of carbonyl (C=O) groups is 1. The summed E-state index contributed by atoms with van der Waals surface area (Å²) < 4.78 is 22.9. The van der Waals surface area contributed by atoms with Gasteiger partial charge in [-0.3, -0.25) is 14.8 Å². The van der Waals surface area contributed by atoms with Crippen molar-refractivity contribution in [3.63, 3.8) is 0 Å². The standard InChI is InChI=1S/C21H21N3O3S/c1-28(26,27)20-7-4-16(5-8-20)6-9-21(25)24-13-17-11-19(15-23-12-17)18-3-2-10-22-14-18/h2-5,7-8,10-12,14-15H,6,9,13H2,1H3,(H,24,25). The zero-order valence-corrected chi connectivity index (χ0v) is 16.3. The molecule has 3 rings (SSSR count). The quantitative estimate of drug-likeness (QED) is 0.664. The maximum atomic E-state index is 12.1. The van der Waals surface area contributed by atoms with Crippen molar-refractivity contribution in [3.8, 4) is 11.1 Å². The molecule has 28 heavy (non-hydrogen) atoms. The number of aromatic nitrogens is 2. The predicted molar refractivity (Wildman–Crippen MR) is 107 cm³/mol. The van der Waals surface area contributed by atoms with Crippen LogP contribution in [-0.4, -0.2) is 30.5 Å².